The molecule has 0 unspecified atom stereocenters. The van der Waals surface area contributed by atoms with Crippen molar-refractivity contribution in [2.75, 3.05) is 19.7 Å². The molecule has 10 heteroatoms. The van der Waals surface area contributed by atoms with Crippen LogP contribution in [-0.4, -0.2) is 54.5 Å². The van der Waals surface area contributed by atoms with Gasteiger partial charge < -0.3 is 24.4 Å². The molecule has 3 aliphatic rings. The Morgan fingerprint density at radius 1 is 1.22 bits per heavy atom. The number of carbonyl (C=O) groups excluding carboxylic acids is 2. The van der Waals surface area contributed by atoms with Gasteiger partial charge in [-0.3, -0.25) is 0 Å². The number of halogens is 3. The smallest absolute Gasteiger partial charge is 0.410 e. The molecule has 1 aromatic carbocycles. The summed E-state index contributed by atoms with van der Waals surface area (Å²) in [7, 11) is 0. The van der Waals surface area contributed by atoms with Gasteiger partial charge in [0.1, 0.15) is 35.7 Å². The number of rotatable bonds is 4. The number of hydrogen-bond acceptors (Lipinski definition) is 5. The lowest BCUT2D eigenvalue weighted by atomic mass is 9.91. The van der Waals surface area contributed by atoms with E-state index < -0.39 is 35.2 Å². The average Bonchev–Trinajstić information content (AvgIpc) is 2.91. The molecule has 1 spiro atoms. The van der Waals surface area contributed by atoms with Gasteiger partial charge in [0, 0.05) is 30.5 Å². The van der Waals surface area contributed by atoms with E-state index in [0.29, 0.717) is 38.1 Å². The van der Waals surface area contributed by atoms with Crippen LogP contribution in [0.5, 0.6) is 0 Å². The van der Waals surface area contributed by atoms with Crippen LogP contribution in [0.4, 0.5) is 22.8 Å². The van der Waals surface area contributed by atoms with Crippen molar-refractivity contribution in [3.8, 4) is 0 Å². The third-order valence-electron chi connectivity index (χ3n) is 4.98. The molecular weight excluding hydrogens is 369 g/mol. The molecule has 4 rings (SSSR count). The number of cyclic esters (lactones) is 1. The van der Waals surface area contributed by atoms with Crippen molar-refractivity contribution in [2.24, 2.45) is 0 Å². The van der Waals surface area contributed by atoms with Crippen LogP contribution in [0.1, 0.15) is 18.4 Å². The Balaban J connectivity index is 1.18. The minimum absolute atomic E-state index is 0.228. The fraction of sp³-hybridized carbons (Fsp3) is 0.529. The van der Waals surface area contributed by atoms with Crippen LogP contribution in [0.2, 0.25) is 0 Å². The molecule has 2 amide bonds. The molecule has 2 heterocycles. The van der Waals surface area contributed by atoms with Gasteiger partial charge in [-0.05, 0) is 0 Å². The van der Waals surface area contributed by atoms with Gasteiger partial charge in [0.05, 0.1) is 25.8 Å². The topological polar surface area (TPSA) is 77.1 Å². The van der Waals surface area contributed by atoms with Crippen LogP contribution in [0, 0.1) is 17.5 Å². The Morgan fingerprint density at radius 2 is 1.89 bits per heavy atom. The minimum Gasteiger partial charge on any atom is -0.447 e. The van der Waals surface area contributed by atoms with Gasteiger partial charge in [0.2, 0.25) is 0 Å². The molecule has 1 N–H and O–H groups in total. The van der Waals surface area contributed by atoms with E-state index in [1.165, 1.54) is 4.90 Å². The zero-order chi connectivity index (χ0) is 19.2. The van der Waals surface area contributed by atoms with Gasteiger partial charge in [0.15, 0.2) is 0 Å². The predicted octanol–water partition coefficient (Wildman–Crippen LogP) is 2.08. The van der Waals surface area contributed by atoms with Gasteiger partial charge in [-0.25, -0.2) is 22.8 Å². The van der Waals surface area contributed by atoms with Gasteiger partial charge in [0.25, 0.3) is 0 Å². The van der Waals surface area contributed by atoms with Gasteiger partial charge in [-0.1, -0.05) is 0 Å². The fourth-order valence-electron chi connectivity index (χ4n) is 3.35. The van der Waals surface area contributed by atoms with E-state index in [0.717, 1.165) is 0 Å². The van der Waals surface area contributed by atoms with Gasteiger partial charge in [-0.2, -0.15) is 0 Å². The van der Waals surface area contributed by atoms with Crippen molar-refractivity contribution in [1.29, 1.82) is 0 Å². The summed E-state index contributed by atoms with van der Waals surface area (Å²) in [5.41, 5.74) is -0.839. The van der Waals surface area contributed by atoms with E-state index in [1.54, 1.807) is 0 Å². The molecular formula is C17H17F3N2O5. The summed E-state index contributed by atoms with van der Waals surface area (Å²) in [6.07, 6.45) is -0.783. The zero-order valence-corrected chi connectivity index (χ0v) is 14.2. The first-order valence-electron chi connectivity index (χ1n) is 8.49. The molecule has 0 aromatic heterocycles. The maximum Gasteiger partial charge on any atom is 0.410 e. The molecule has 2 saturated heterocycles. The number of alkyl carbamates (subject to hydrolysis) is 1. The monoisotopic (exact) mass is 386 g/mol. The zero-order valence-electron chi connectivity index (χ0n) is 14.2. The lowest BCUT2D eigenvalue weighted by Gasteiger charge is -2.46. The first kappa shape index (κ1) is 17.9. The third kappa shape index (κ3) is 3.53. The highest BCUT2D eigenvalue weighted by atomic mass is 19.1. The van der Waals surface area contributed by atoms with Crippen molar-refractivity contribution in [3.05, 3.63) is 35.1 Å². The molecule has 0 bridgehead atoms. The summed E-state index contributed by atoms with van der Waals surface area (Å²) in [6.45, 7) is 0.559. The van der Waals surface area contributed by atoms with E-state index in [-0.39, 0.29) is 31.0 Å². The molecule has 0 atom stereocenters. The molecule has 27 heavy (non-hydrogen) atoms. The van der Waals surface area contributed by atoms with E-state index in [1.807, 2.05) is 0 Å². The Morgan fingerprint density at radius 3 is 2.48 bits per heavy atom. The second-order valence-corrected chi connectivity index (χ2v) is 7.10. The molecule has 2 aliphatic heterocycles. The quantitative estimate of drug-likeness (QED) is 0.858. The van der Waals surface area contributed by atoms with E-state index in [2.05, 4.69) is 5.32 Å². The van der Waals surface area contributed by atoms with Crippen LogP contribution in [0.15, 0.2) is 12.1 Å². The van der Waals surface area contributed by atoms with Crippen LogP contribution in [0.25, 0.3) is 0 Å². The summed E-state index contributed by atoms with van der Waals surface area (Å²) in [4.78, 5) is 24.6. The average molecular weight is 386 g/mol. The Labute approximate surface area is 152 Å². The number of carbonyl (C=O) groups is 2. The second-order valence-electron chi connectivity index (χ2n) is 7.10. The highest BCUT2D eigenvalue weighted by molar-refractivity contribution is 5.74. The number of ether oxygens (including phenoxy) is 3. The largest absolute Gasteiger partial charge is 0.447 e. The van der Waals surface area contributed by atoms with Gasteiger partial charge in [-0.15, -0.1) is 0 Å². The summed E-state index contributed by atoms with van der Waals surface area (Å²) in [6, 6.07) is 1.20. The van der Waals surface area contributed by atoms with Crippen molar-refractivity contribution in [3.63, 3.8) is 0 Å². The molecule has 1 aliphatic carbocycles. The maximum absolute atomic E-state index is 13.5. The lowest BCUT2D eigenvalue weighted by Crippen LogP contribution is -2.70. The van der Waals surface area contributed by atoms with E-state index in [9.17, 15) is 22.8 Å². The fourth-order valence-corrected chi connectivity index (χ4v) is 3.35. The standard InChI is InChI=1S/C17H17F3N2O5/c18-9-1-13(19)12(14(20)2-9)5-25-10-3-11(4-10)27-16(24)22-6-17(7-22)8-26-15(23)21-17/h1-2,10-11H,3-8H2,(H,21,23)/t10-,11+. The van der Waals surface area contributed by atoms with Crippen LogP contribution in [0.3, 0.4) is 0 Å². The normalized spacial score (nSPS) is 25.4. The number of hydrogen-bond donors (Lipinski definition) is 1. The summed E-state index contributed by atoms with van der Waals surface area (Å²) in [5.74, 6) is -2.98. The van der Waals surface area contributed by atoms with Gasteiger partial charge >= 0.3 is 12.2 Å². The number of nitrogens with zero attached hydrogens (tertiary/aromatic N) is 1. The molecule has 0 radical (unpaired) electrons. The van der Waals surface area contributed by atoms with Crippen LogP contribution >= 0.6 is 0 Å². The number of benzene rings is 1. The Bertz CT molecular complexity index is 755. The first-order chi connectivity index (χ1) is 12.8. The molecule has 1 aromatic rings. The van der Waals surface area contributed by atoms with Crippen molar-refractivity contribution in [1.82, 2.24) is 10.2 Å². The van der Waals surface area contributed by atoms with E-state index in [4.69, 9.17) is 14.2 Å². The van der Waals surface area contributed by atoms with E-state index >= 15 is 0 Å². The highest BCUT2D eigenvalue weighted by Crippen LogP contribution is 2.31. The summed E-state index contributed by atoms with van der Waals surface area (Å²) in [5, 5.41) is 2.67. The molecule has 7 nitrogen and oxygen atoms in total. The summed E-state index contributed by atoms with van der Waals surface area (Å²) < 4.78 is 55.5. The minimum atomic E-state index is -0.996. The van der Waals surface area contributed by atoms with Crippen molar-refractivity contribution < 1.29 is 37.0 Å². The number of amides is 2. The highest BCUT2D eigenvalue weighted by Gasteiger charge is 2.52. The van der Waals surface area contributed by atoms with Crippen LogP contribution < -0.4 is 5.32 Å². The van der Waals surface area contributed by atoms with Crippen molar-refractivity contribution in [2.45, 2.75) is 37.2 Å². The predicted molar refractivity (Wildman–Crippen MR) is 83.2 cm³/mol. The number of likely N-dealkylation sites (tertiary alicyclic amines) is 1. The first-order valence-corrected chi connectivity index (χ1v) is 8.49. The molecule has 1 saturated carbocycles. The number of nitrogens with one attached hydrogen (secondary N) is 1. The third-order valence-corrected chi connectivity index (χ3v) is 4.98. The molecule has 3 fully saturated rings. The maximum atomic E-state index is 13.5. The van der Waals surface area contributed by atoms with Crippen molar-refractivity contribution >= 4 is 12.2 Å². The summed E-state index contributed by atoms with van der Waals surface area (Å²) >= 11 is 0. The molecule has 146 valence electrons. The second kappa shape index (κ2) is 6.59. The Kier molecular flexibility index (Phi) is 4.37. The lowest BCUT2D eigenvalue weighted by molar-refractivity contribution is -0.0936. The Hall–Kier alpha value is -2.49. The van der Waals surface area contributed by atoms with Crippen LogP contribution in [-0.2, 0) is 20.8 Å². The SMILES string of the molecule is O=C1NC2(CO1)CN(C(=O)O[C@H]1C[C@@H](OCc3c(F)cc(F)cc3F)C1)C2.